The lowest BCUT2D eigenvalue weighted by atomic mass is 9.95. The first-order chi connectivity index (χ1) is 9.60. The number of esters is 2. The third-order valence-corrected chi connectivity index (χ3v) is 3.07. The van der Waals surface area contributed by atoms with E-state index in [2.05, 4.69) is 0 Å². The van der Waals surface area contributed by atoms with Crippen LogP contribution in [0.15, 0.2) is 12.1 Å². The number of hydrogen-bond donors (Lipinski definition) is 0. The monoisotopic (exact) mass is 280 g/mol. The first-order valence-electron chi connectivity index (χ1n) is 6.24. The van der Waals surface area contributed by atoms with Crippen molar-refractivity contribution < 1.29 is 28.5 Å². The molecule has 6 nitrogen and oxygen atoms in total. The van der Waals surface area contributed by atoms with Crippen LogP contribution in [0.5, 0.6) is 17.2 Å². The van der Waals surface area contributed by atoms with E-state index in [0.29, 0.717) is 22.8 Å². The van der Waals surface area contributed by atoms with E-state index in [1.807, 2.05) is 0 Å². The number of methoxy groups -OCH3 is 2. The highest BCUT2D eigenvalue weighted by Crippen LogP contribution is 2.39. The lowest BCUT2D eigenvalue weighted by Gasteiger charge is -2.24. The second-order valence-corrected chi connectivity index (χ2v) is 4.24. The maximum atomic E-state index is 11.9. The summed E-state index contributed by atoms with van der Waals surface area (Å²) in [5.41, 5.74) is 0.658. The Bertz CT molecular complexity index is 537. The van der Waals surface area contributed by atoms with Gasteiger partial charge in [-0.25, -0.2) is 0 Å². The van der Waals surface area contributed by atoms with E-state index >= 15 is 0 Å². The van der Waals surface area contributed by atoms with Crippen LogP contribution in [0, 0.1) is 5.92 Å². The fourth-order valence-corrected chi connectivity index (χ4v) is 2.08. The van der Waals surface area contributed by atoms with Crippen LogP contribution in [0.1, 0.15) is 12.5 Å². The van der Waals surface area contributed by atoms with Gasteiger partial charge in [0.25, 0.3) is 0 Å². The Hall–Kier alpha value is -2.24. The van der Waals surface area contributed by atoms with Crippen molar-refractivity contribution in [3.8, 4) is 17.2 Å². The number of fused-ring (bicyclic) bond motifs is 1. The first-order valence-corrected chi connectivity index (χ1v) is 6.24. The number of rotatable bonds is 4. The molecule has 0 aromatic heterocycles. The molecule has 0 unspecified atom stereocenters. The molecule has 1 aromatic carbocycles. The molecular weight excluding hydrogens is 264 g/mol. The van der Waals surface area contributed by atoms with E-state index in [9.17, 15) is 9.59 Å². The summed E-state index contributed by atoms with van der Waals surface area (Å²) in [6, 6.07) is 3.28. The number of carbonyl (C=O) groups is 2. The lowest BCUT2D eigenvalue weighted by molar-refractivity contribution is -0.157. The van der Waals surface area contributed by atoms with Crippen molar-refractivity contribution in [3.05, 3.63) is 17.7 Å². The molecule has 0 aliphatic carbocycles. The zero-order chi connectivity index (χ0) is 14.7. The standard InChI is InChI=1S/C14H16O6/c1-4-19-13(15)10-7-9-11(18-3)5-8(17-2)6-12(9)20-14(10)16/h5-6,10H,4,7H2,1-3H3/t10-/m0/s1. The zero-order valence-electron chi connectivity index (χ0n) is 11.6. The summed E-state index contributed by atoms with van der Waals surface area (Å²) in [7, 11) is 3.01. The average molecular weight is 280 g/mol. The minimum absolute atomic E-state index is 0.195. The Morgan fingerprint density at radius 2 is 2.10 bits per heavy atom. The molecule has 20 heavy (non-hydrogen) atoms. The van der Waals surface area contributed by atoms with Gasteiger partial charge < -0.3 is 18.9 Å². The number of carbonyl (C=O) groups excluding carboxylic acids is 2. The van der Waals surface area contributed by atoms with Gasteiger partial charge >= 0.3 is 11.9 Å². The molecule has 0 saturated heterocycles. The molecule has 1 aliphatic heterocycles. The molecule has 108 valence electrons. The Balaban J connectivity index is 2.37. The summed E-state index contributed by atoms with van der Waals surface area (Å²) < 4.78 is 20.4. The van der Waals surface area contributed by atoms with Crippen LogP contribution in [-0.4, -0.2) is 32.8 Å². The highest BCUT2D eigenvalue weighted by molar-refractivity contribution is 5.97. The average Bonchev–Trinajstić information content (AvgIpc) is 2.45. The summed E-state index contributed by atoms with van der Waals surface area (Å²) in [6.45, 7) is 1.90. The molecule has 0 N–H and O–H groups in total. The van der Waals surface area contributed by atoms with Crippen molar-refractivity contribution in [3.63, 3.8) is 0 Å². The van der Waals surface area contributed by atoms with Gasteiger partial charge in [0, 0.05) is 24.1 Å². The lowest BCUT2D eigenvalue weighted by Crippen LogP contribution is -2.35. The molecule has 1 aliphatic rings. The van der Waals surface area contributed by atoms with Crippen LogP contribution in [0.3, 0.4) is 0 Å². The quantitative estimate of drug-likeness (QED) is 0.471. The highest BCUT2D eigenvalue weighted by Gasteiger charge is 2.37. The van der Waals surface area contributed by atoms with Crippen LogP contribution >= 0.6 is 0 Å². The molecule has 1 aromatic rings. The van der Waals surface area contributed by atoms with E-state index in [1.165, 1.54) is 14.2 Å². The van der Waals surface area contributed by atoms with Gasteiger partial charge in [-0.15, -0.1) is 0 Å². The van der Waals surface area contributed by atoms with E-state index < -0.39 is 17.9 Å². The minimum atomic E-state index is -0.954. The van der Waals surface area contributed by atoms with Crippen molar-refractivity contribution in [2.75, 3.05) is 20.8 Å². The first kappa shape index (κ1) is 14.2. The third-order valence-electron chi connectivity index (χ3n) is 3.07. The summed E-state index contributed by atoms with van der Waals surface area (Å²) >= 11 is 0. The Morgan fingerprint density at radius 1 is 1.35 bits per heavy atom. The van der Waals surface area contributed by atoms with Gasteiger partial charge in [0.1, 0.15) is 17.2 Å². The van der Waals surface area contributed by atoms with Crippen LogP contribution in [0.25, 0.3) is 0 Å². The molecule has 0 spiro atoms. The molecule has 0 fully saturated rings. The van der Waals surface area contributed by atoms with Gasteiger partial charge in [0.15, 0.2) is 5.92 Å². The number of hydrogen-bond acceptors (Lipinski definition) is 6. The highest BCUT2D eigenvalue weighted by atomic mass is 16.6. The Labute approximate surface area is 116 Å². The second kappa shape index (κ2) is 5.81. The van der Waals surface area contributed by atoms with Crippen molar-refractivity contribution >= 4 is 11.9 Å². The van der Waals surface area contributed by atoms with Crippen LogP contribution < -0.4 is 14.2 Å². The van der Waals surface area contributed by atoms with E-state index in [1.54, 1.807) is 19.1 Å². The summed E-state index contributed by atoms with van der Waals surface area (Å²) in [5.74, 6) is -0.770. The molecule has 0 amide bonds. The predicted octanol–water partition coefficient (Wildman–Crippen LogP) is 1.34. The summed E-state index contributed by atoms with van der Waals surface area (Å²) in [4.78, 5) is 23.6. The van der Waals surface area contributed by atoms with Crippen LogP contribution in [-0.2, 0) is 20.7 Å². The molecule has 1 atom stereocenters. The van der Waals surface area contributed by atoms with Crippen molar-refractivity contribution in [1.29, 1.82) is 0 Å². The molecule has 0 saturated carbocycles. The smallest absolute Gasteiger partial charge is 0.326 e. The van der Waals surface area contributed by atoms with E-state index in [-0.39, 0.29) is 13.0 Å². The molecule has 6 heteroatoms. The van der Waals surface area contributed by atoms with Crippen LogP contribution in [0.4, 0.5) is 0 Å². The van der Waals surface area contributed by atoms with Crippen molar-refractivity contribution in [1.82, 2.24) is 0 Å². The van der Waals surface area contributed by atoms with Crippen LogP contribution in [0.2, 0.25) is 0 Å². The fraction of sp³-hybridized carbons (Fsp3) is 0.429. The van der Waals surface area contributed by atoms with Gasteiger partial charge in [-0.2, -0.15) is 0 Å². The maximum Gasteiger partial charge on any atom is 0.326 e. The van der Waals surface area contributed by atoms with Gasteiger partial charge in [-0.3, -0.25) is 9.59 Å². The molecule has 0 bridgehead atoms. The maximum absolute atomic E-state index is 11.9. The second-order valence-electron chi connectivity index (χ2n) is 4.24. The molecule has 2 rings (SSSR count). The van der Waals surface area contributed by atoms with E-state index in [0.717, 1.165) is 0 Å². The largest absolute Gasteiger partial charge is 0.496 e. The van der Waals surface area contributed by atoms with Crippen molar-refractivity contribution in [2.24, 2.45) is 5.92 Å². The predicted molar refractivity (Wildman–Crippen MR) is 69.0 cm³/mol. The van der Waals surface area contributed by atoms with Crippen molar-refractivity contribution in [2.45, 2.75) is 13.3 Å². The Kier molecular flexibility index (Phi) is 4.12. The third kappa shape index (κ3) is 2.54. The van der Waals surface area contributed by atoms with Gasteiger partial charge in [0.05, 0.1) is 20.8 Å². The van der Waals surface area contributed by atoms with E-state index in [4.69, 9.17) is 18.9 Å². The summed E-state index contributed by atoms with van der Waals surface area (Å²) in [6.07, 6.45) is 0.195. The van der Waals surface area contributed by atoms with Gasteiger partial charge in [-0.05, 0) is 6.92 Å². The Morgan fingerprint density at radius 3 is 2.70 bits per heavy atom. The normalized spacial score (nSPS) is 16.9. The fourth-order valence-electron chi connectivity index (χ4n) is 2.08. The van der Waals surface area contributed by atoms with Gasteiger partial charge in [0.2, 0.25) is 0 Å². The SMILES string of the molecule is CCOC(=O)[C@@H]1Cc2c(OC)cc(OC)cc2OC1=O. The topological polar surface area (TPSA) is 71.1 Å². The summed E-state index contributed by atoms with van der Waals surface area (Å²) in [5, 5.41) is 0. The molecule has 0 radical (unpaired) electrons. The minimum Gasteiger partial charge on any atom is -0.496 e. The molecule has 1 heterocycles. The zero-order valence-corrected chi connectivity index (χ0v) is 11.6. The number of benzene rings is 1. The molecular formula is C14H16O6. The number of ether oxygens (including phenoxy) is 4. The van der Waals surface area contributed by atoms with Gasteiger partial charge in [-0.1, -0.05) is 0 Å².